The Labute approximate surface area is 149 Å². The second-order valence-electron chi connectivity index (χ2n) is 5.41. The average molecular weight is 388 g/mol. The Morgan fingerprint density at radius 1 is 1.13 bits per heavy atom. The number of ether oxygens (including phenoxy) is 1. The van der Waals surface area contributed by atoms with Crippen molar-refractivity contribution in [1.82, 2.24) is 4.98 Å². The molecular formula is C19H18BrNOS. The maximum absolute atomic E-state index is 5.80. The molecular weight excluding hydrogens is 370 g/mol. The molecule has 0 saturated heterocycles. The van der Waals surface area contributed by atoms with Crippen molar-refractivity contribution in [3.63, 3.8) is 0 Å². The van der Waals surface area contributed by atoms with Crippen molar-refractivity contribution >= 4 is 27.3 Å². The standard InChI is InChI=1S/C19H18BrNOS/c1-14-12-17(19-21-9-11-23-19)5-4-16(14)8-10-22-13-15-2-6-18(20)7-3-15/h2-7,9,11-12H,8,10,13H2,1H3. The Balaban J connectivity index is 1.53. The van der Waals surface area contributed by atoms with Gasteiger partial charge in [0, 0.05) is 21.6 Å². The van der Waals surface area contributed by atoms with Crippen LogP contribution in [0.25, 0.3) is 10.6 Å². The lowest BCUT2D eigenvalue weighted by Gasteiger charge is -2.09. The zero-order valence-electron chi connectivity index (χ0n) is 13.0. The van der Waals surface area contributed by atoms with E-state index < -0.39 is 0 Å². The van der Waals surface area contributed by atoms with Gasteiger partial charge >= 0.3 is 0 Å². The number of hydrogen-bond donors (Lipinski definition) is 0. The van der Waals surface area contributed by atoms with Gasteiger partial charge in [0.2, 0.25) is 0 Å². The van der Waals surface area contributed by atoms with Gasteiger partial charge in [0.25, 0.3) is 0 Å². The molecule has 23 heavy (non-hydrogen) atoms. The lowest BCUT2D eigenvalue weighted by Crippen LogP contribution is -2.00. The number of thiazole rings is 1. The Morgan fingerprint density at radius 2 is 1.96 bits per heavy atom. The third-order valence-corrected chi connectivity index (χ3v) is 5.07. The van der Waals surface area contributed by atoms with Crippen molar-refractivity contribution in [3.05, 3.63) is 75.2 Å². The molecule has 0 amide bonds. The van der Waals surface area contributed by atoms with Crippen molar-refractivity contribution < 1.29 is 4.74 Å². The topological polar surface area (TPSA) is 22.1 Å². The number of benzene rings is 2. The lowest BCUT2D eigenvalue weighted by molar-refractivity contribution is 0.124. The molecule has 0 saturated carbocycles. The Kier molecular flexibility index (Phi) is 5.60. The molecule has 0 aliphatic heterocycles. The Hall–Kier alpha value is -1.49. The average Bonchev–Trinajstić information content (AvgIpc) is 3.09. The molecule has 4 heteroatoms. The number of aryl methyl sites for hydroxylation is 1. The first-order valence-electron chi connectivity index (χ1n) is 7.54. The van der Waals surface area contributed by atoms with E-state index in [0.29, 0.717) is 6.61 Å². The van der Waals surface area contributed by atoms with Gasteiger partial charge < -0.3 is 4.74 Å². The largest absolute Gasteiger partial charge is 0.376 e. The quantitative estimate of drug-likeness (QED) is 0.510. The minimum Gasteiger partial charge on any atom is -0.376 e. The fourth-order valence-electron chi connectivity index (χ4n) is 2.43. The van der Waals surface area contributed by atoms with Gasteiger partial charge in [0.05, 0.1) is 13.2 Å². The van der Waals surface area contributed by atoms with Crippen LogP contribution >= 0.6 is 27.3 Å². The summed E-state index contributed by atoms with van der Waals surface area (Å²) in [6, 6.07) is 14.8. The molecule has 2 nitrogen and oxygen atoms in total. The summed E-state index contributed by atoms with van der Waals surface area (Å²) in [4.78, 5) is 4.36. The highest BCUT2D eigenvalue weighted by Gasteiger charge is 2.04. The number of halogens is 1. The Bertz CT molecular complexity index is 754. The number of aromatic nitrogens is 1. The van der Waals surface area contributed by atoms with Crippen molar-refractivity contribution in [3.8, 4) is 10.6 Å². The summed E-state index contributed by atoms with van der Waals surface area (Å²) < 4.78 is 6.89. The second kappa shape index (κ2) is 7.86. The van der Waals surface area contributed by atoms with Gasteiger partial charge in [-0.05, 0) is 48.2 Å². The van der Waals surface area contributed by atoms with E-state index in [1.807, 2.05) is 23.7 Å². The number of rotatable bonds is 6. The fraction of sp³-hybridized carbons (Fsp3) is 0.211. The summed E-state index contributed by atoms with van der Waals surface area (Å²) >= 11 is 5.11. The summed E-state index contributed by atoms with van der Waals surface area (Å²) in [6.45, 7) is 3.54. The number of nitrogens with zero attached hydrogens (tertiary/aromatic N) is 1. The molecule has 0 aliphatic rings. The summed E-state index contributed by atoms with van der Waals surface area (Å²) in [5.74, 6) is 0. The third-order valence-electron chi connectivity index (χ3n) is 3.72. The van der Waals surface area contributed by atoms with Crippen LogP contribution in [-0.4, -0.2) is 11.6 Å². The van der Waals surface area contributed by atoms with Crippen LogP contribution in [0, 0.1) is 6.92 Å². The van der Waals surface area contributed by atoms with Crippen LogP contribution in [0.15, 0.2) is 58.5 Å². The summed E-state index contributed by atoms with van der Waals surface area (Å²) in [5, 5.41) is 3.08. The van der Waals surface area contributed by atoms with Crippen LogP contribution in [0.4, 0.5) is 0 Å². The van der Waals surface area contributed by atoms with E-state index >= 15 is 0 Å². The van der Waals surface area contributed by atoms with Gasteiger partial charge in [-0.3, -0.25) is 0 Å². The second-order valence-corrected chi connectivity index (χ2v) is 7.22. The molecule has 3 rings (SSSR count). The molecule has 118 valence electrons. The zero-order valence-corrected chi connectivity index (χ0v) is 15.4. The molecule has 0 bridgehead atoms. The van der Waals surface area contributed by atoms with Crippen LogP contribution in [0.5, 0.6) is 0 Å². The minimum atomic E-state index is 0.656. The molecule has 0 radical (unpaired) electrons. The summed E-state index contributed by atoms with van der Waals surface area (Å²) in [5.41, 5.74) is 5.02. The van der Waals surface area contributed by atoms with E-state index in [-0.39, 0.29) is 0 Å². The maximum Gasteiger partial charge on any atom is 0.123 e. The van der Waals surface area contributed by atoms with E-state index in [2.05, 4.69) is 58.2 Å². The SMILES string of the molecule is Cc1cc(-c2nccs2)ccc1CCOCc1ccc(Br)cc1. The minimum absolute atomic E-state index is 0.656. The van der Waals surface area contributed by atoms with Crippen LogP contribution in [0.2, 0.25) is 0 Å². The predicted octanol–water partition coefficient (Wildman–Crippen LogP) is 5.64. The highest BCUT2D eigenvalue weighted by molar-refractivity contribution is 9.10. The van der Waals surface area contributed by atoms with Crippen molar-refractivity contribution in [2.45, 2.75) is 20.0 Å². The smallest absolute Gasteiger partial charge is 0.123 e. The van der Waals surface area contributed by atoms with Gasteiger partial charge in [-0.2, -0.15) is 0 Å². The molecule has 0 N–H and O–H groups in total. The van der Waals surface area contributed by atoms with Crippen LogP contribution in [-0.2, 0) is 17.8 Å². The predicted molar refractivity (Wildman–Crippen MR) is 99.8 cm³/mol. The van der Waals surface area contributed by atoms with E-state index in [0.717, 1.165) is 22.5 Å². The van der Waals surface area contributed by atoms with Crippen molar-refractivity contribution in [2.75, 3.05) is 6.61 Å². The molecule has 3 aromatic rings. The Morgan fingerprint density at radius 3 is 2.65 bits per heavy atom. The first-order chi connectivity index (χ1) is 11.2. The molecule has 1 heterocycles. The molecule has 0 spiro atoms. The van der Waals surface area contributed by atoms with Crippen LogP contribution in [0.3, 0.4) is 0 Å². The summed E-state index contributed by atoms with van der Waals surface area (Å²) in [6.07, 6.45) is 2.78. The van der Waals surface area contributed by atoms with Gasteiger partial charge in [-0.15, -0.1) is 11.3 Å². The molecule has 0 fully saturated rings. The van der Waals surface area contributed by atoms with Gasteiger partial charge in [0.1, 0.15) is 5.01 Å². The molecule has 0 atom stereocenters. The molecule has 0 aliphatic carbocycles. The van der Waals surface area contributed by atoms with E-state index in [1.165, 1.54) is 22.3 Å². The van der Waals surface area contributed by atoms with Crippen molar-refractivity contribution in [1.29, 1.82) is 0 Å². The zero-order chi connectivity index (χ0) is 16.1. The molecule has 1 aromatic heterocycles. The first-order valence-corrected chi connectivity index (χ1v) is 9.21. The van der Waals surface area contributed by atoms with Crippen LogP contribution in [0.1, 0.15) is 16.7 Å². The normalized spacial score (nSPS) is 10.9. The molecule has 2 aromatic carbocycles. The maximum atomic E-state index is 5.80. The number of hydrogen-bond acceptors (Lipinski definition) is 3. The van der Waals surface area contributed by atoms with E-state index in [9.17, 15) is 0 Å². The highest BCUT2D eigenvalue weighted by atomic mass is 79.9. The first kappa shape index (κ1) is 16.4. The van der Waals surface area contributed by atoms with E-state index in [4.69, 9.17) is 4.74 Å². The summed E-state index contributed by atoms with van der Waals surface area (Å²) in [7, 11) is 0. The lowest BCUT2D eigenvalue weighted by atomic mass is 10.0. The third kappa shape index (κ3) is 4.50. The molecule has 0 unspecified atom stereocenters. The van der Waals surface area contributed by atoms with Crippen molar-refractivity contribution in [2.24, 2.45) is 0 Å². The van der Waals surface area contributed by atoms with Gasteiger partial charge in [0.15, 0.2) is 0 Å². The highest BCUT2D eigenvalue weighted by Crippen LogP contribution is 2.24. The fourth-order valence-corrected chi connectivity index (χ4v) is 3.33. The van der Waals surface area contributed by atoms with Gasteiger partial charge in [-0.25, -0.2) is 4.98 Å². The van der Waals surface area contributed by atoms with E-state index in [1.54, 1.807) is 11.3 Å². The monoisotopic (exact) mass is 387 g/mol. The van der Waals surface area contributed by atoms with Crippen LogP contribution < -0.4 is 0 Å². The van der Waals surface area contributed by atoms with Gasteiger partial charge in [-0.1, -0.05) is 40.2 Å².